The van der Waals surface area contributed by atoms with Gasteiger partial charge in [-0.2, -0.15) is 4.31 Å². The summed E-state index contributed by atoms with van der Waals surface area (Å²) in [6.07, 6.45) is 0.977. The monoisotopic (exact) mass is 495 g/mol. The Morgan fingerprint density at radius 2 is 2.00 bits per heavy atom. The predicted octanol–water partition coefficient (Wildman–Crippen LogP) is 4.55. The van der Waals surface area contributed by atoms with Crippen molar-refractivity contribution in [1.29, 1.82) is 0 Å². The zero-order chi connectivity index (χ0) is 22.0. The Labute approximate surface area is 194 Å². The first-order valence-corrected chi connectivity index (χ1v) is 13.5. The lowest BCUT2D eigenvalue weighted by molar-refractivity contribution is -0.126. The van der Waals surface area contributed by atoms with E-state index in [0.717, 1.165) is 15.6 Å². The van der Waals surface area contributed by atoms with Gasteiger partial charge in [-0.3, -0.25) is 4.79 Å². The van der Waals surface area contributed by atoms with Crippen LogP contribution in [0.1, 0.15) is 24.1 Å². The highest BCUT2D eigenvalue weighted by Crippen LogP contribution is 2.29. The van der Waals surface area contributed by atoms with Crippen LogP contribution in [0.25, 0.3) is 9.88 Å². The molecule has 0 aliphatic carbocycles. The minimum absolute atomic E-state index is 0.0540. The van der Waals surface area contributed by atoms with Gasteiger partial charge in [0.1, 0.15) is 5.01 Å². The van der Waals surface area contributed by atoms with Gasteiger partial charge < -0.3 is 5.32 Å². The molecule has 4 rings (SSSR count). The fraction of sp³-hybridized carbons (Fsp3) is 0.333. The van der Waals surface area contributed by atoms with Gasteiger partial charge in [0.25, 0.3) is 0 Å². The molecule has 1 amide bonds. The molecule has 10 heteroatoms. The highest BCUT2D eigenvalue weighted by Gasteiger charge is 2.33. The molecule has 1 saturated heterocycles. The summed E-state index contributed by atoms with van der Waals surface area (Å²) in [5.41, 5.74) is 1.38. The Morgan fingerprint density at radius 1 is 1.23 bits per heavy atom. The van der Waals surface area contributed by atoms with Gasteiger partial charge >= 0.3 is 0 Å². The van der Waals surface area contributed by atoms with Crippen molar-refractivity contribution in [2.75, 3.05) is 13.1 Å². The molecule has 31 heavy (non-hydrogen) atoms. The smallest absolute Gasteiger partial charge is 0.243 e. The van der Waals surface area contributed by atoms with Crippen LogP contribution in [-0.4, -0.2) is 36.7 Å². The van der Waals surface area contributed by atoms with Gasteiger partial charge in [0.2, 0.25) is 15.9 Å². The molecule has 2 aromatic heterocycles. The number of halogens is 1. The molecule has 0 spiro atoms. The van der Waals surface area contributed by atoms with Crippen molar-refractivity contribution in [3.63, 3.8) is 0 Å². The van der Waals surface area contributed by atoms with Crippen LogP contribution in [0.4, 0.5) is 0 Å². The van der Waals surface area contributed by atoms with Crippen molar-refractivity contribution >= 4 is 50.2 Å². The molecule has 0 bridgehead atoms. The van der Waals surface area contributed by atoms with Crippen LogP contribution < -0.4 is 5.32 Å². The van der Waals surface area contributed by atoms with Crippen LogP contribution in [-0.2, 0) is 21.4 Å². The third-order valence-electron chi connectivity index (χ3n) is 5.39. The molecule has 1 aliphatic rings. The van der Waals surface area contributed by atoms with Crippen molar-refractivity contribution < 1.29 is 13.2 Å². The number of carbonyl (C=O) groups is 1. The van der Waals surface area contributed by atoms with Crippen LogP contribution in [0, 0.1) is 12.8 Å². The number of nitrogens with zero attached hydrogens (tertiary/aromatic N) is 2. The molecule has 3 heterocycles. The molecule has 164 valence electrons. The molecule has 6 nitrogen and oxygen atoms in total. The minimum atomic E-state index is -3.63. The van der Waals surface area contributed by atoms with Gasteiger partial charge in [0.15, 0.2) is 0 Å². The van der Waals surface area contributed by atoms with Gasteiger partial charge in [-0.1, -0.05) is 23.7 Å². The first-order chi connectivity index (χ1) is 14.9. The van der Waals surface area contributed by atoms with Gasteiger partial charge in [-0.25, -0.2) is 13.4 Å². The molecule has 1 fully saturated rings. The third kappa shape index (κ3) is 4.85. The van der Waals surface area contributed by atoms with E-state index in [1.165, 1.54) is 4.31 Å². The molecule has 0 radical (unpaired) electrons. The molecule has 3 aromatic rings. The fourth-order valence-corrected chi connectivity index (χ4v) is 7.17. The number of nitrogens with one attached hydrogen (secondary N) is 1. The molecule has 0 saturated carbocycles. The number of aromatic nitrogens is 1. The second-order valence-electron chi connectivity index (χ2n) is 7.38. The number of thiazole rings is 1. The topological polar surface area (TPSA) is 79.4 Å². The van der Waals surface area contributed by atoms with E-state index in [1.54, 1.807) is 47.8 Å². The predicted molar refractivity (Wildman–Crippen MR) is 125 cm³/mol. The van der Waals surface area contributed by atoms with Gasteiger partial charge in [0, 0.05) is 29.4 Å². The number of hydrogen-bond donors (Lipinski definition) is 1. The van der Waals surface area contributed by atoms with Crippen LogP contribution >= 0.6 is 34.3 Å². The Balaban J connectivity index is 1.32. The number of carbonyl (C=O) groups excluding carboxylic acids is 1. The summed E-state index contributed by atoms with van der Waals surface area (Å²) in [5.74, 6) is -0.260. The summed E-state index contributed by atoms with van der Waals surface area (Å²) in [5, 5.41) is 8.30. The Bertz CT molecular complexity index is 1170. The van der Waals surface area contributed by atoms with Crippen LogP contribution in [0.2, 0.25) is 5.02 Å². The maximum atomic E-state index is 13.0. The highest BCUT2D eigenvalue weighted by molar-refractivity contribution is 7.89. The number of rotatable bonds is 6. The Hall–Kier alpha value is -1.78. The van der Waals surface area contributed by atoms with Crippen molar-refractivity contribution in [2.24, 2.45) is 5.92 Å². The lowest BCUT2D eigenvalue weighted by atomic mass is 9.97. The van der Waals surface area contributed by atoms with Crippen molar-refractivity contribution in [3.8, 4) is 9.88 Å². The Morgan fingerprint density at radius 3 is 2.71 bits per heavy atom. The second-order valence-corrected chi connectivity index (χ2v) is 11.5. The van der Waals surface area contributed by atoms with E-state index in [4.69, 9.17) is 11.6 Å². The standard InChI is InChI=1S/C21H22ClN3O3S3/c1-14-17(22)4-2-6-19(14)31(27,28)25-9-7-15(8-10-25)20(26)23-12-16-13-30-21(24-16)18-5-3-11-29-18/h2-6,11,13,15H,7-10,12H2,1H3,(H,23,26). The van der Waals surface area contributed by atoms with Gasteiger partial charge in [-0.05, 0) is 48.9 Å². The summed E-state index contributed by atoms with van der Waals surface area (Å²) in [6, 6.07) is 8.91. The summed E-state index contributed by atoms with van der Waals surface area (Å²) in [6.45, 7) is 2.70. The maximum Gasteiger partial charge on any atom is 0.243 e. The van der Waals surface area contributed by atoms with Crippen molar-refractivity contribution in [2.45, 2.75) is 31.2 Å². The molecule has 1 aromatic carbocycles. The van der Waals surface area contributed by atoms with Crippen LogP contribution in [0.5, 0.6) is 0 Å². The van der Waals surface area contributed by atoms with E-state index in [9.17, 15) is 13.2 Å². The zero-order valence-corrected chi connectivity index (χ0v) is 20.1. The number of amides is 1. The second kappa shape index (κ2) is 9.38. The average molecular weight is 496 g/mol. The van der Waals surface area contributed by atoms with Crippen LogP contribution in [0.15, 0.2) is 46.0 Å². The zero-order valence-electron chi connectivity index (χ0n) is 16.9. The largest absolute Gasteiger partial charge is 0.350 e. The third-order valence-corrected chi connectivity index (χ3v) is 9.77. The maximum absolute atomic E-state index is 13.0. The van der Waals surface area contributed by atoms with Gasteiger partial charge in [0.05, 0.1) is 22.0 Å². The lowest BCUT2D eigenvalue weighted by Gasteiger charge is -2.31. The summed E-state index contributed by atoms with van der Waals surface area (Å²) in [7, 11) is -3.63. The first kappa shape index (κ1) is 22.4. The minimum Gasteiger partial charge on any atom is -0.350 e. The Kier molecular flexibility index (Phi) is 6.78. The van der Waals surface area contributed by atoms with E-state index in [1.807, 2.05) is 22.9 Å². The van der Waals surface area contributed by atoms with E-state index < -0.39 is 10.0 Å². The summed E-state index contributed by atoms with van der Waals surface area (Å²) in [4.78, 5) is 18.5. The van der Waals surface area contributed by atoms with E-state index in [2.05, 4.69) is 10.3 Å². The fourth-order valence-electron chi connectivity index (χ4n) is 3.59. The number of sulfonamides is 1. The highest BCUT2D eigenvalue weighted by atomic mass is 35.5. The van der Waals surface area contributed by atoms with Crippen molar-refractivity contribution in [3.05, 3.63) is 57.4 Å². The number of thiophene rings is 1. The first-order valence-electron chi connectivity index (χ1n) is 9.87. The van der Waals surface area contributed by atoms with Crippen molar-refractivity contribution in [1.82, 2.24) is 14.6 Å². The average Bonchev–Trinajstić information content (AvgIpc) is 3.46. The number of hydrogen-bond acceptors (Lipinski definition) is 6. The van der Waals surface area contributed by atoms with E-state index in [-0.39, 0.29) is 16.7 Å². The molecule has 0 atom stereocenters. The summed E-state index contributed by atoms with van der Waals surface area (Å²) < 4.78 is 27.5. The summed E-state index contributed by atoms with van der Waals surface area (Å²) >= 11 is 9.30. The molecule has 1 N–H and O–H groups in total. The number of piperidine rings is 1. The van der Waals surface area contributed by atoms with Crippen LogP contribution in [0.3, 0.4) is 0 Å². The lowest BCUT2D eigenvalue weighted by Crippen LogP contribution is -2.43. The molecular weight excluding hydrogens is 474 g/mol. The SMILES string of the molecule is Cc1c(Cl)cccc1S(=O)(=O)N1CCC(C(=O)NCc2csc(-c3cccs3)n2)CC1. The molecular formula is C21H22ClN3O3S3. The van der Waals surface area contributed by atoms with E-state index >= 15 is 0 Å². The molecule has 1 aliphatic heterocycles. The quantitative estimate of drug-likeness (QED) is 0.544. The van der Waals surface area contributed by atoms with E-state index in [0.29, 0.717) is 43.1 Å². The molecule has 0 unspecified atom stereocenters. The van der Waals surface area contributed by atoms with Gasteiger partial charge in [-0.15, -0.1) is 22.7 Å². The number of benzene rings is 1. The normalized spacial score (nSPS) is 15.8.